The maximum Gasteiger partial charge on any atom is 0.246 e. The van der Waals surface area contributed by atoms with Crippen LogP contribution in [0.1, 0.15) is 165 Å². The number of benzene rings is 2. The smallest absolute Gasteiger partial charge is 0.246 e. The average Bonchev–Trinajstić information content (AvgIpc) is 1.71. The molecule has 11 N–H and O–H groups in total. The highest BCUT2D eigenvalue weighted by atomic mass is 16.3. The largest absolute Gasteiger partial charge is 0.396 e. The number of nitrogens with one attached hydrogen (secondary N) is 7. The van der Waals surface area contributed by atoms with Gasteiger partial charge in [-0.1, -0.05) is 150 Å². The number of aliphatic hydroxyl groups is 2. The van der Waals surface area contributed by atoms with E-state index in [-0.39, 0.29) is 30.6 Å². The minimum absolute atomic E-state index is 0.290. The van der Waals surface area contributed by atoms with E-state index < -0.39 is 187 Å². The molecule has 1 aliphatic heterocycles. The van der Waals surface area contributed by atoms with Crippen molar-refractivity contribution in [3.05, 3.63) is 60.2 Å². The van der Waals surface area contributed by atoms with E-state index in [2.05, 4.69) is 37.2 Å². The molecular weight excluding hydrogens is 1140 g/mol. The number of hydrogen-bond donors (Lipinski definition) is 10. The molecule has 0 aromatic heterocycles. The van der Waals surface area contributed by atoms with Gasteiger partial charge in [-0.15, -0.1) is 0 Å². The number of Topliss-reactive ketones (excluding diaryl/α,β-unsaturated/α-hetero) is 4. The second kappa shape index (κ2) is 35.3. The van der Waals surface area contributed by atoms with E-state index >= 15 is 0 Å². The van der Waals surface area contributed by atoms with Crippen molar-refractivity contribution in [3.8, 4) is 11.1 Å². The summed E-state index contributed by atoms with van der Waals surface area (Å²) in [5, 5.41) is 40.5. The molecule has 8 amide bonds. The van der Waals surface area contributed by atoms with Gasteiger partial charge < -0.3 is 53.2 Å². The van der Waals surface area contributed by atoms with Gasteiger partial charge in [0.25, 0.3) is 0 Å². The molecule has 1 aliphatic carbocycles. The zero-order valence-corrected chi connectivity index (χ0v) is 54.0. The third-order valence-electron chi connectivity index (χ3n) is 18.5. The Kier molecular flexibility index (Phi) is 29.4. The molecule has 0 radical (unpaired) electrons. The van der Waals surface area contributed by atoms with Crippen LogP contribution in [0, 0.1) is 53.3 Å². The van der Waals surface area contributed by atoms with Crippen LogP contribution in [0.5, 0.6) is 0 Å². The van der Waals surface area contributed by atoms with Crippen LogP contribution in [0.25, 0.3) is 11.1 Å². The van der Waals surface area contributed by atoms with Crippen molar-refractivity contribution >= 4 is 70.4 Å². The number of aliphatic hydroxyl groups excluding tert-OH is 2. The van der Waals surface area contributed by atoms with Crippen molar-refractivity contribution in [2.45, 2.75) is 208 Å². The second-order valence-corrected chi connectivity index (χ2v) is 25.2. The normalized spacial score (nSPS) is 21.4. The van der Waals surface area contributed by atoms with Crippen molar-refractivity contribution in [1.29, 1.82) is 0 Å². The lowest BCUT2D eigenvalue weighted by atomic mass is 9.83. The van der Waals surface area contributed by atoms with Gasteiger partial charge in [-0.25, -0.2) is 0 Å². The highest BCUT2D eigenvalue weighted by molar-refractivity contribution is 6.01. The number of rotatable bonds is 34. The quantitative estimate of drug-likeness (QED) is 0.0468. The molecule has 492 valence electrons. The van der Waals surface area contributed by atoms with Crippen molar-refractivity contribution in [3.63, 3.8) is 0 Å². The fourth-order valence-electron chi connectivity index (χ4n) is 11.1. The Morgan fingerprint density at radius 1 is 0.607 bits per heavy atom. The summed E-state index contributed by atoms with van der Waals surface area (Å²) in [6.45, 7) is 17.4. The Hall–Kier alpha value is -7.20. The van der Waals surface area contributed by atoms with Crippen LogP contribution in [-0.4, -0.2) is 136 Å². The molecule has 22 nitrogen and oxygen atoms in total. The van der Waals surface area contributed by atoms with Gasteiger partial charge in [0.1, 0.15) is 17.6 Å². The van der Waals surface area contributed by atoms with Gasteiger partial charge in [0.2, 0.25) is 47.3 Å². The highest BCUT2D eigenvalue weighted by Gasteiger charge is 2.53. The van der Waals surface area contributed by atoms with Crippen LogP contribution in [0.15, 0.2) is 54.6 Å². The van der Waals surface area contributed by atoms with Crippen molar-refractivity contribution in [2.75, 3.05) is 13.2 Å². The third kappa shape index (κ3) is 21.2. The van der Waals surface area contributed by atoms with Crippen LogP contribution in [0.2, 0.25) is 0 Å². The summed E-state index contributed by atoms with van der Waals surface area (Å²) in [4.78, 5) is 167. The molecule has 1 spiro atoms. The molecule has 2 fully saturated rings. The fraction of sp³-hybridized carbons (Fsp3) is 0.642. The predicted molar refractivity (Wildman–Crippen MR) is 335 cm³/mol. The lowest BCUT2D eigenvalue weighted by Gasteiger charge is -2.31. The first kappa shape index (κ1) is 74.3. The number of nitrogens with two attached hydrogens (primary N) is 1. The average molecular weight is 1240 g/mol. The molecule has 0 unspecified atom stereocenters. The summed E-state index contributed by atoms with van der Waals surface area (Å²) in [5.74, 6) is -15.1. The molecule has 0 bridgehead atoms. The summed E-state index contributed by atoms with van der Waals surface area (Å²) in [5.41, 5.74) is 7.31. The van der Waals surface area contributed by atoms with E-state index in [1.54, 1.807) is 41.5 Å². The van der Waals surface area contributed by atoms with Gasteiger partial charge in [0.05, 0.1) is 49.2 Å². The number of ketones is 4. The van der Waals surface area contributed by atoms with Crippen molar-refractivity contribution in [1.82, 2.24) is 37.2 Å². The lowest BCUT2D eigenvalue weighted by Crippen LogP contribution is -2.60. The van der Waals surface area contributed by atoms with E-state index in [9.17, 15) is 67.7 Å². The number of carbonyl (C=O) groups excluding carboxylic acids is 12. The zero-order chi connectivity index (χ0) is 66.4. The molecule has 22 heteroatoms. The number of hydrogen-bond acceptors (Lipinski definition) is 14. The van der Waals surface area contributed by atoms with E-state index in [1.807, 2.05) is 75.4 Å². The van der Waals surface area contributed by atoms with Gasteiger partial charge in [0.15, 0.2) is 23.1 Å². The molecular formula is C67H100N8O14. The van der Waals surface area contributed by atoms with E-state index in [0.717, 1.165) is 16.7 Å². The molecule has 1 saturated carbocycles. The van der Waals surface area contributed by atoms with Crippen LogP contribution >= 0.6 is 0 Å². The monoisotopic (exact) mass is 1240 g/mol. The molecule has 4 rings (SSSR count). The summed E-state index contributed by atoms with van der Waals surface area (Å²) < 4.78 is 0. The molecule has 2 aromatic rings. The van der Waals surface area contributed by atoms with Gasteiger partial charge in [-0.3, -0.25) is 57.5 Å². The fourth-order valence-corrected chi connectivity index (χ4v) is 11.1. The first-order valence-corrected chi connectivity index (χ1v) is 32.0. The summed E-state index contributed by atoms with van der Waals surface area (Å²) in [7, 11) is 0. The Morgan fingerprint density at radius 2 is 1.13 bits per heavy atom. The standard InChI is InChI=1S/C67H100N8O14/c1-12-37(6)49(34-51(78)50(26-27-55(68)82)70-62(85)47(35-76)32-53(80)56(38(7)13-2)71-61(84)44(16-5)31-43-22-24-46(25-23-43)45-20-18-17-19-21-45)64(87)72-57(39(8)14-3)54(81)33-48(36-77)63(86)73-59-42(11)69-65(88)58(40(9)15-4)74-66(89)67(28-29-67)75-60(83)41(10)30-52(59)79/h17-25,37-42,44,47-50,56-59,76-77H,12-16,26-36H2,1-11H3,(H2,68,82)(H,69,88)(H,70,85)(H,71,84)(H,72,87)(H,73,86)(H,74,89)(H,75,83)/t37-,38-,39-,40-,41+,42-,44+,47-,48-,49+,50+,56-,57-,58-,59+/m0/s1. The minimum atomic E-state index is -1.47. The maximum atomic E-state index is 14.5. The van der Waals surface area contributed by atoms with E-state index in [4.69, 9.17) is 5.73 Å². The third-order valence-corrected chi connectivity index (χ3v) is 18.5. The topological polar surface area (TPSA) is 356 Å². The first-order valence-electron chi connectivity index (χ1n) is 32.0. The van der Waals surface area contributed by atoms with Gasteiger partial charge >= 0.3 is 0 Å². The van der Waals surface area contributed by atoms with Crippen LogP contribution in [-0.2, 0) is 64.0 Å². The lowest BCUT2D eigenvalue weighted by molar-refractivity contribution is -0.138. The minimum Gasteiger partial charge on any atom is -0.396 e. The van der Waals surface area contributed by atoms with Gasteiger partial charge in [-0.05, 0) is 79.4 Å². The van der Waals surface area contributed by atoms with E-state index in [1.165, 1.54) is 13.8 Å². The van der Waals surface area contributed by atoms with Crippen LogP contribution in [0.3, 0.4) is 0 Å². The molecule has 1 saturated heterocycles. The van der Waals surface area contributed by atoms with Crippen molar-refractivity contribution in [2.24, 2.45) is 59.0 Å². The van der Waals surface area contributed by atoms with Crippen LogP contribution < -0.4 is 43.0 Å². The summed E-state index contributed by atoms with van der Waals surface area (Å²) >= 11 is 0. The molecule has 2 aliphatic rings. The Labute approximate surface area is 524 Å². The maximum absolute atomic E-state index is 14.5. The highest BCUT2D eigenvalue weighted by Crippen LogP contribution is 2.37. The molecule has 89 heavy (non-hydrogen) atoms. The van der Waals surface area contributed by atoms with Gasteiger partial charge in [-0.2, -0.15) is 0 Å². The van der Waals surface area contributed by atoms with E-state index in [0.29, 0.717) is 51.4 Å². The molecule has 2 aromatic carbocycles. The van der Waals surface area contributed by atoms with Gasteiger partial charge in [0, 0.05) is 49.9 Å². The second-order valence-electron chi connectivity index (χ2n) is 25.2. The molecule has 1 heterocycles. The molecule has 15 atom stereocenters. The Bertz CT molecular complexity index is 2790. The van der Waals surface area contributed by atoms with Crippen molar-refractivity contribution < 1.29 is 67.7 Å². The number of carbonyl (C=O) groups is 12. The zero-order valence-electron chi connectivity index (χ0n) is 54.0. The Balaban J connectivity index is 1.49. The SMILES string of the molecule is CC[C@H](Cc1ccc(-c2ccccc2)cc1)C(=O)N[C@H](C(=O)C[C@@H](CO)C(=O)N[C@H](CCC(N)=O)C(=O)C[C@@H](C(=O)N[C@H](C(=O)C[C@@H](CO)C(=O)N[C@H]1C(=O)C[C@@H](C)C(=O)NC2(CC2)C(=O)N[C@@H]([C@@H](C)CC)C(=O)N[C@H]1C)[C@@H](C)CC)[C@@H](C)CC)[C@@H](C)CC. The number of primary amides is 1. The summed E-state index contributed by atoms with van der Waals surface area (Å²) in [6, 6.07) is 10.5. The number of amides is 8. The first-order chi connectivity index (χ1) is 42.1. The van der Waals surface area contributed by atoms with Crippen LogP contribution in [0.4, 0.5) is 0 Å². The summed E-state index contributed by atoms with van der Waals surface area (Å²) in [6.07, 6.45) is 0.593. The Morgan fingerprint density at radius 3 is 1.64 bits per heavy atom. The predicted octanol–water partition coefficient (Wildman–Crippen LogP) is 4.27.